The zero-order chi connectivity index (χ0) is 17.2. The molecule has 2 N–H and O–H groups in total. The van der Waals surface area contributed by atoms with Crippen molar-refractivity contribution in [3.05, 3.63) is 65.8 Å². The molecule has 0 fully saturated rings. The fraction of sp³-hybridized carbons (Fsp3) is 0. The topological polar surface area (TPSA) is 88.0 Å². The van der Waals surface area contributed by atoms with Crippen LogP contribution in [0, 0.1) is 0 Å². The van der Waals surface area contributed by atoms with Crippen molar-refractivity contribution >= 4 is 33.1 Å². The van der Waals surface area contributed by atoms with Crippen LogP contribution in [0.1, 0.15) is 10.5 Å². The number of benzene rings is 2. The molecule has 0 unspecified atom stereocenters. The third kappa shape index (κ3) is 2.81. The van der Waals surface area contributed by atoms with Crippen molar-refractivity contribution in [2.24, 2.45) is 0 Å². The van der Waals surface area contributed by atoms with E-state index < -0.39 is 5.91 Å². The highest BCUT2D eigenvalue weighted by Gasteiger charge is 2.20. The second kappa shape index (κ2) is 6.29. The number of carbonyl (C=O) groups excluding carboxylic acids is 1. The molecule has 1 amide bonds. The van der Waals surface area contributed by atoms with Crippen molar-refractivity contribution in [2.75, 3.05) is 5.32 Å². The van der Waals surface area contributed by atoms with Gasteiger partial charge in [-0.3, -0.25) is 10.1 Å². The van der Waals surface area contributed by atoms with E-state index in [9.17, 15) is 9.90 Å². The van der Waals surface area contributed by atoms with E-state index in [0.717, 1.165) is 10.9 Å². The number of aromatic hydroxyl groups is 1. The summed E-state index contributed by atoms with van der Waals surface area (Å²) < 4.78 is 0. The number of carbonyl (C=O) groups is 1. The number of nitrogens with zero attached hydrogens (tertiary/aromatic N) is 3. The second-order valence-corrected chi connectivity index (χ2v) is 6.10. The maximum atomic E-state index is 12.6. The van der Waals surface area contributed by atoms with Crippen LogP contribution in [0.3, 0.4) is 0 Å². The van der Waals surface area contributed by atoms with E-state index in [0.29, 0.717) is 16.2 Å². The molecule has 4 aromatic rings. The summed E-state index contributed by atoms with van der Waals surface area (Å²) >= 11 is 1.19. The van der Waals surface area contributed by atoms with E-state index in [4.69, 9.17) is 0 Å². The van der Waals surface area contributed by atoms with Gasteiger partial charge in [0.1, 0.15) is 5.51 Å². The van der Waals surface area contributed by atoms with E-state index in [1.165, 1.54) is 16.8 Å². The Morgan fingerprint density at radius 1 is 1.00 bits per heavy atom. The van der Waals surface area contributed by atoms with Gasteiger partial charge in [0, 0.05) is 16.3 Å². The monoisotopic (exact) mass is 348 g/mol. The Labute approximate surface area is 146 Å². The largest absolute Gasteiger partial charge is 0.505 e. The molecule has 0 radical (unpaired) electrons. The van der Waals surface area contributed by atoms with Gasteiger partial charge in [-0.25, -0.2) is 4.98 Å². The molecule has 0 aliphatic carbocycles. The first-order valence-electron chi connectivity index (χ1n) is 7.48. The molecule has 2 aromatic carbocycles. The molecule has 0 spiro atoms. The van der Waals surface area contributed by atoms with Gasteiger partial charge in [-0.2, -0.15) is 0 Å². The number of nitrogens with one attached hydrogen (secondary N) is 1. The van der Waals surface area contributed by atoms with Crippen molar-refractivity contribution in [1.82, 2.24) is 15.2 Å². The molecule has 7 heteroatoms. The van der Waals surface area contributed by atoms with E-state index in [1.54, 1.807) is 6.07 Å². The minimum atomic E-state index is -0.530. The number of aromatic nitrogens is 3. The zero-order valence-electron chi connectivity index (χ0n) is 12.9. The molecule has 2 heterocycles. The first-order chi connectivity index (χ1) is 12.2. The molecule has 4 rings (SSSR count). The Morgan fingerprint density at radius 2 is 1.72 bits per heavy atom. The van der Waals surface area contributed by atoms with Gasteiger partial charge in [0.25, 0.3) is 5.91 Å². The quantitative estimate of drug-likeness (QED) is 0.589. The second-order valence-electron chi connectivity index (χ2n) is 5.27. The minimum absolute atomic E-state index is 0.0484. The van der Waals surface area contributed by atoms with Gasteiger partial charge in [-0.1, -0.05) is 65.9 Å². The lowest BCUT2D eigenvalue weighted by molar-refractivity contribution is 0.102. The lowest BCUT2D eigenvalue weighted by Gasteiger charge is -2.11. The molecular formula is C18H12N4O2S. The van der Waals surface area contributed by atoms with Gasteiger partial charge in [0.15, 0.2) is 11.4 Å². The summed E-state index contributed by atoms with van der Waals surface area (Å²) in [6.07, 6.45) is 0. The molecule has 0 saturated heterocycles. The summed E-state index contributed by atoms with van der Waals surface area (Å²) in [7, 11) is 0. The van der Waals surface area contributed by atoms with Crippen LogP contribution in [-0.2, 0) is 0 Å². The predicted molar refractivity (Wildman–Crippen MR) is 96.7 cm³/mol. The summed E-state index contributed by atoms with van der Waals surface area (Å²) in [6, 6.07) is 16.9. The highest BCUT2D eigenvalue weighted by Crippen LogP contribution is 2.34. The number of fused-ring (bicyclic) bond motifs is 1. The Bertz CT molecular complexity index is 1050. The van der Waals surface area contributed by atoms with Crippen molar-refractivity contribution in [1.29, 1.82) is 0 Å². The number of anilines is 1. The van der Waals surface area contributed by atoms with Crippen LogP contribution >= 0.6 is 11.3 Å². The number of hydrogen-bond donors (Lipinski definition) is 2. The molecule has 25 heavy (non-hydrogen) atoms. The van der Waals surface area contributed by atoms with Crippen molar-refractivity contribution in [3.63, 3.8) is 0 Å². The Morgan fingerprint density at radius 3 is 2.44 bits per heavy atom. The van der Waals surface area contributed by atoms with E-state index in [2.05, 4.69) is 20.5 Å². The predicted octanol–water partition coefficient (Wildman–Crippen LogP) is 3.71. The van der Waals surface area contributed by atoms with Crippen LogP contribution in [0.4, 0.5) is 5.13 Å². The number of pyridine rings is 1. The summed E-state index contributed by atoms with van der Waals surface area (Å²) in [4.78, 5) is 17.0. The summed E-state index contributed by atoms with van der Waals surface area (Å²) in [6.45, 7) is 0. The molecule has 2 aromatic heterocycles. The number of rotatable bonds is 3. The van der Waals surface area contributed by atoms with Gasteiger partial charge < -0.3 is 5.11 Å². The Kier molecular flexibility index (Phi) is 3.83. The molecule has 0 bridgehead atoms. The smallest absolute Gasteiger partial charge is 0.279 e. The number of hydrogen-bond acceptors (Lipinski definition) is 6. The van der Waals surface area contributed by atoms with Crippen molar-refractivity contribution in [2.45, 2.75) is 0 Å². The van der Waals surface area contributed by atoms with Gasteiger partial charge in [0.05, 0.1) is 5.69 Å². The molecule has 0 saturated carbocycles. The van der Waals surface area contributed by atoms with Crippen molar-refractivity contribution in [3.8, 4) is 17.0 Å². The lowest BCUT2D eigenvalue weighted by atomic mass is 10.0. The highest BCUT2D eigenvalue weighted by atomic mass is 32.1. The van der Waals surface area contributed by atoms with Gasteiger partial charge in [0.2, 0.25) is 5.13 Å². The Balaban J connectivity index is 1.90. The van der Waals surface area contributed by atoms with Crippen LogP contribution in [0.2, 0.25) is 0 Å². The van der Waals surface area contributed by atoms with E-state index >= 15 is 0 Å². The normalized spacial score (nSPS) is 10.7. The van der Waals surface area contributed by atoms with Crippen LogP contribution < -0.4 is 5.32 Å². The van der Waals surface area contributed by atoms with Crippen LogP contribution in [0.15, 0.2) is 60.1 Å². The first-order valence-corrected chi connectivity index (χ1v) is 8.36. The van der Waals surface area contributed by atoms with Crippen LogP contribution in [-0.4, -0.2) is 26.2 Å². The van der Waals surface area contributed by atoms with E-state index in [-0.39, 0.29) is 11.4 Å². The maximum Gasteiger partial charge on any atom is 0.279 e. The van der Waals surface area contributed by atoms with Gasteiger partial charge in [-0.15, -0.1) is 10.2 Å². The first kappa shape index (κ1) is 15.2. The van der Waals surface area contributed by atoms with Gasteiger partial charge in [-0.05, 0) is 0 Å². The average Bonchev–Trinajstić information content (AvgIpc) is 3.16. The van der Waals surface area contributed by atoms with Crippen LogP contribution in [0.5, 0.6) is 5.75 Å². The third-order valence-corrected chi connectivity index (χ3v) is 4.33. The molecular weight excluding hydrogens is 336 g/mol. The fourth-order valence-electron chi connectivity index (χ4n) is 2.61. The van der Waals surface area contributed by atoms with Gasteiger partial charge >= 0.3 is 0 Å². The summed E-state index contributed by atoms with van der Waals surface area (Å²) in [5.41, 5.74) is 2.96. The molecule has 0 aliphatic heterocycles. The highest BCUT2D eigenvalue weighted by molar-refractivity contribution is 7.13. The Hall–Kier alpha value is -3.32. The zero-order valence-corrected chi connectivity index (χ0v) is 13.7. The maximum absolute atomic E-state index is 12.6. The average molecular weight is 348 g/mol. The number of amides is 1. The minimum Gasteiger partial charge on any atom is -0.505 e. The molecule has 0 atom stereocenters. The standard InChI is InChI=1S/C18H12N4O2S/c23-16-13-9-5-4-8-12(13)14(11-6-2-1-3-7-11)20-15(16)17(24)21-18-22-19-10-25-18/h1-10,23H,(H,21,22,24). The van der Waals surface area contributed by atoms with Crippen molar-refractivity contribution < 1.29 is 9.90 Å². The van der Waals surface area contributed by atoms with Crippen LogP contribution in [0.25, 0.3) is 22.0 Å². The SMILES string of the molecule is O=C(Nc1nncs1)c1nc(-c2ccccc2)c2ccccc2c1O. The summed E-state index contributed by atoms with van der Waals surface area (Å²) in [5.74, 6) is -0.686. The lowest BCUT2D eigenvalue weighted by Crippen LogP contribution is -2.14. The molecule has 6 nitrogen and oxygen atoms in total. The van der Waals surface area contributed by atoms with E-state index in [1.807, 2.05) is 48.5 Å². The molecule has 0 aliphatic rings. The fourth-order valence-corrected chi connectivity index (χ4v) is 3.05. The molecule has 122 valence electrons. The summed E-state index contributed by atoms with van der Waals surface area (Å²) in [5, 5.41) is 22.3. The third-order valence-electron chi connectivity index (χ3n) is 3.73.